The van der Waals surface area contributed by atoms with E-state index in [4.69, 9.17) is 0 Å². The summed E-state index contributed by atoms with van der Waals surface area (Å²) in [6.07, 6.45) is 1.55. The Hall–Kier alpha value is -2.31. The lowest BCUT2D eigenvalue weighted by Gasteiger charge is -2.27. The normalized spacial score (nSPS) is 17.5. The second-order valence-electron chi connectivity index (χ2n) is 7.62. The van der Waals surface area contributed by atoms with Crippen molar-refractivity contribution in [1.82, 2.24) is 9.80 Å². The van der Waals surface area contributed by atoms with Gasteiger partial charge < -0.3 is 10.2 Å². The average Bonchev–Trinajstić information content (AvgIpc) is 3.15. The van der Waals surface area contributed by atoms with Crippen LogP contribution in [0.25, 0.3) is 0 Å². The third kappa shape index (κ3) is 5.19. The van der Waals surface area contributed by atoms with E-state index in [9.17, 15) is 9.59 Å². The topological polar surface area (TPSA) is 52.7 Å². The van der Waals surface area contributed by atoms with Gasteiger partial charge in [-0.25, -0.2) is 0 Å². The Balaban J connectivity index is 1.44. The molecule has 2 fully saturated rings. The van der Waals surface area contributed by atoms with Crippen LogP contribution < -0.4 is 5.32 Å². The van der Waals surface area contributed by atoms with E-state index in [1.54, 1.807) is 0 Å². The van der Waals surface area contributed by atoms with E-state index in [1.807, 2.05) is 59.1 Å². The van der Waals surface area contributed by atoms with Gasteiger partial charge in [-0.3, -0.25) is 14.5 Å². The lowest BCUT2D eigenvalue weighted by Crippen LogP contribution is -2.32. The fourth-order valence-corrected chi connectivity index (χ4v) is 4.86. The van der Waals surface area contributed by atoms with Gasteiger partial charge in [-0.15, -0.1) is 0 Å². The molecule has 2 aromatic rings. The molecule has 0 spiro atoms. The van der Waals surface area contributed by atoms with Gasteiger partial charge in [-0.1, -0.05) is 30.3 Å². The van der Waals surface area contributed by atoms with Gasteiger partial charge in [-0.05, 0) is 35.7 Å². The molecule has 2 aromatic carbocycles. The molecule has 152 valence electrons. The number of hydrogen-bond acceptors (Lipinski definition) is 4. The van der Waals surface area contributed by atoms with Crippen molar-refractivity contribution < 1.29 is 9.59 Å². The molecular weight excluding hydrogens is 382 g/mol. The first-order chi connectivity index (χ1) is 14.2. The number of nitrogens with zero attached hydrogens (tertiary/aromatic N) is 2. The van der Waals surface area contributed by atoms with Gasteiger partial charge in [-0.2, -0.15) is 11.8 Å². The monoisotopic (exact) mass is 409 g/mol. The summed E-state index contributed by atoms with van der Waals surface area (Å²) < 4.78 is 0. The summed E-state index contributed by atoms with van der Waals surface area (Å²) in [7, 11) is 0. The van der Waals surface area contributed by atoms with Crippen LogP contribution in [0.3, 0.4) is 0 Å². The molecule has 0 saturated carbocycles. The summed E-state index contributed by atoms with van der Waals surface area (Å²) in [5.41, 5.74) is 3.63. The minimum absolute atomic E-state index is 0.110. The number of benzene rings is 2. The zero-order valence-corrected chi connectivity index (χ0v) is 17.4. The van der Waals surface area contributed by atoms with Crippen molar-refractivity contribution in [1.29, 1.82) is 0 Å². The Morgan fingerprint density at radius 2 is 1.83 bits per heavy atom. The van der Waals surface area contributed by atoms with Crippen molar-refractivity contribution in [2.45, 2.75) is 25.9 Å². The maximum absolute atomic E-state index is 12.9. The predicted molar refractivity (Wildman–Crippen MR) is 118 cm³/mol. The Labute approximate surface area is 176 Å². The van der Waals surface area contributed by atoms with Crippen molar-refractivity contribution in [3.8, 4) is 0 Å². The van der Waals surface area contributed by atoms with E-state index in [1.165, 1.54) is 11.5 Å². The highest BCUT2D eigenvalue weighted by Crippen LogP contribution is 2.21. The highest BCUT2D eigenvalue weighted by atomic mass is 32.2. The number of carbonyl (C=O) groups is 2. The summed E-state index contributed by atoms with van der Waals surface area (Å²) in [5, 5.41) is 3.09. The van der Waals surface area contributed by atoms with Gasteiger partial charge in [0.25, 0.3) is 5.91 Å². The van der Waals surface area contributed by atoms with Crippen LogP contribution in [0.5, 0.6) is 0 Å². The van der Waals surface area contributed by atoms with Crippen LogP contribution in [0, 0.1) is 0 Å². The molecule has 0 radical (unpaired) electrons. The first-order valence-electron chi connectivity index (χ1n) is 10.2. The first-order valence-corrected chi connectivity index (χ1v) is 11.4. The molecule has 2 aliphatic heterocycles. The fraction of sp³-hybridized carbons (Fsp3) is 0.391. The number of para-hydroxylation sites is 1. The highest BCUT2D eigenvalue weighted by molar-refractivity contribution is 7.99. The van der Waals surface area contributed by atoms with Crippen LogP contribution in [0.4, 0.5) is 5.69 Å². The number of likely N-dealkylation sites (tertiary alicyclic amines) is 1. The zero-order chi connectivity index (χ0) is 20.1. The van der Waals surface area contributed by atoms with Gasteiger partial charge in [0.15, 0.2) is 0 Å². The molecule has 29 heavy (non-hydrogen) atoms. The van der Waals surface area contributed by atoms with Crippen LogP contribution >= 0.6 is 11.8 Å². The maximum atomic E-state index is 12.9. The van der Waals surface area contributed by atoms with Crippen LogP contribution in [-0.2, 0) is 17.9 Å². The molecule has 5 nitrogen and oxygen atoms in total. The van der Waals surface area contributed by atoms with Crippen LogP contribution in [-0.4, -0.2) is 52.8 Å². The first kappa shape index (κ1) is 20.0. The van der Waals surface area contributed by atoms with Crippen LogP contribution in [0.2, 0.25) is 0 Å². The minimum Gasteiger partial charge on any atom is -0.338 e. The lowest BCUT2D eigenvalue weighted by molar-refractivity contribution is -0.128. The van der Waals surface area contributed by atoms with Gasteiger partial charge in [0.2, 0.25) is 5.91 Å². The van der Waals surface area contributed by atoms with Crippen LogP contribution in [0.1, 0.15) is 34.3 Å². The molecule has 0 aromatic heterocycles. The summed E-state index contributed by atoms with van der Waals surface area (Å²) >= 11 is 2.00. The van der Waals surface area contributed by atoms with E-state index < -0.39 is 0 Å². The van der Waals surface area contributed by atoms with Crippen molar-refractivity contribution in [3.05, 3.63) is 65.2 Å². The SMILES string of the molecule is O=C(Nc1ccccc1CN1CCSCC1)c1cccc(CN2CCCC2=O)c1. The molecule has 0 atom stereocenters. The Morgan fingerprint density at radius 3 is 2.62 bits per heavy atom. The predicted octanol–water partition coefficient (Wildman–Crippen LogP) is 3.61. The molecule has 0 aliphatic carbocycles. The number of nitrogens with one attached hydrogen (secondary N) is 1. The van der Waals surface area contributed by atoms with Crippen molar-refractivity contribution >= 4 is 29.3 Å². The van der Waals surface area contributed by atoms with Crippen molar-refractivity contribution in [2.24, 2.45) is 0 Å². The minimum atomic E-state index is -0.110. The third-order valence-corrected chi connectivity index (χ3v) is 6.44. The standard InChI is InChI=1S/C23H27N3O2S/c27-22-9-4-10-26(22)16-18-5-3-7-19(15-18)23(28)24-21-8-2-1-6-20(21)17-25-11-13-29-14-12-25/h1-3,5-8,15H,4,9-14,16-17H2,(H,24,28). The van der Waals surface area contributed by atoms with Gasteiger partial charge in [0.05, 0.1) is 0 Å². The Morgan fingerprint density at radius 1 is 1.00 bits per heavy atom. The summed E-state index contributed by atoms with van der Waals surface area (Å²) in [4.78, 5) is 29.1. The molecule has 0 unspecified atom stereocenters. The molecule has 2 amide bonds. The molecule has 6 heteroatoms. The number of thioether (sulfide) groups is 1. The van der Waals surface area contributed by atoms with E-state index >= 15 is 0 Å². The quantitative estimate of drug-likeness (QED) is 0.792. The second-order valence-corrected chi connectivity index (χ2v) is 8.84. The van der Waals surface area contributed by atoms with E-state index in [-0.39, 0.29) is 11.8 Å². The van der Waals surface area contributed by atoms with Crippen molar-refractivity contribution in [2.75, 3.05) is 36.5 Å². The van der Waals surface area contributed by atoms with E-state index in [0.29, 0.717) is 18.5 Å². The third-order valence-electron chi connectivity index (χ3n) is 5.50. The van der Waals surface area contributed by atoms with Gasteiger partial charge in [0, 0.05) is 61.9 Å². The number of hydrogen-bond donors (Lipinski definition) is 1. The molecule has 4 rings (SSSR count). The van der Waals surface area contributed by atoms with Gasteiger partial charge >= 0.3 is 0 Å². The van der Waals surface area contributed by atoms with Gasteiger partial charge in [0.1, 0.15) is 0 Å². The van der Waals surface area contributed by atoms with E-state index in [2.05, 4.69) is 16.3 Å². The molecule has 1 N–H and O–H groups in total. The lowest BCUT2D eigenvalue weighted by atomic mass is 10.1. The molecule has 2 saturated heterocycles. The van der Waals surface area contributed by atoms with Crippen LogP contribution in [0.15, 0.2) is 48.5 Å². The molecular formula is C23H27N3O2S. The Bertz CT molecular complexity index is 880. The van der Waals surface area contributed by atoms with Crippen molar-refractivity contribution in [3.63, 3.8) is 0 Å². The largest absolute Gasteiger partial charge is 0.338 e. The molecule has 0 bridgehead atoms. The summed E-state index contributed by atoms with van der Waals surface area (Å²) in [6, 6.07) is 15.6. The summed E-state index contributed by atoms with van der Waals surface area (Å²) in [5.74, 6) is 2.42. The number of carbonyl (C=O) groups excluding carboxylic acids is 2. The number of anilines is 1. The number of rotatable bonds is 6. The second kappa shape index (κ2) is 9.46. The highest BCUT2D eigenvalue weighted by Gasteiger charge is 2.20. The smallest absolute Gasteiger partial charge is 0.255 e. The fourth-order valence-electron chi connectivity index (χ4n) is 3.88. The number of amides is 2. The van der Waals surface area contributed by atoms with E-state index in [0.717, 1.165) is 49.4 Å². The average molecular weight is 410 g/mol. The summed E-state index contributed by atoms with van der Waals surface area (Å²) in [6.45, 7) is 4.41. The zero-order valence-electron chi connectivity index (χ0n) is 16.6. The maximum Gasteiger partial charge on any atom is 0.255 e. The molecule has 2 heterocycles. The molecule has 2 aliphatic rings. The Kier molecular flexibility index (Phi) is 6.52.